The number of aryl methyl sites for hydroxylation is 2. The highest BCUT2D eigenvalue weighted by molar-refractivity contribution is 5.79. The molecule has 1 heterocycles. The van der Waals surface area contributed by atoms with E-state index in [1.165, 1.54) is 0 Å². The lowest BCUT2D eigenvalue weighted by Crippen LogP contribution is -2.35. The molecule has 4 aromatic rings. The van der Waals surface area contributed by atoms with Gasteiger partial charge < -0.3 is 4.90 Å². The fourth-order valence-corrected chi connectivity index (χ4v) is 3.91. The Morgan fingerprint density at radius 3 is 2.47 bits per heavy atom. The van der Waals surface area contributed by atoms with Gasteiger partial charge in [-0.25, -0.2) is 4.98 Å². The van der Waals surface area contributed by atoms with Crippen molar-refractivity contribution in [2.45, 2.75) is 32.7 Å². The van der Waals surface area contributed by atoms with Crippen LogP contribution in [0.3, 0.4) is 0 Å². The third-order valence-electron chi connectivity index (χ3n) is 5.88. The smallest absolute Gasteiger partial charge is 0.266 e. The Balaban J connectivity index is 1.72. The molecule has 0 saturated carbocycles. The van der Waals surface area contributed by atoms with Gasteiger partial charge in [0.1, 0.15) is 5.82 Å². The van der Waals surface area contributed by atoms with E-state index in [9.17, 15) is 9.59 Å². The maximum Gasteiger partial charge on any atom is 0.266 e. The Hall–Kier alpha value is -3.73. The highest BCUT2D eigenvalue weighted by Crippen LogP contribution is 2.23. The molecule has 0 N–H and O–H groups in total. The number of nitrogens with zero attached hydrogens (tertiary/aromatic N) is 3. The van der Waals surface area contributed by atoms with Crippen LogP contribution in [0.5, 0.6) is 0 Å². The molecular formula is C27H27N3O2. The molecule has 1 amide bonds. The average molecular weight is 426 g/mol. The third kappa shape index (κ3) is 4.33. The number of fused-ring (bicyclic) bond motifs is 1. The first-order valence-electron chi connectivity index (χ1n) is 10.8. The fraction of sp³-hybridized carbons (Fsp3) is 0.222. The number of amides is 1. The molecule has 0 radical (unpaired) electrons. The molecular weight excluding hydrogens is 398 g/mol. The minimum Gasteiger partial charge on any atom is -0.336 e. The van der Waals surface area contributed by atoms with Crippen molar-refractivity contribution in [2.75, 3.05) is 7.05 Å². The molecule has 1 aromatic heterocycles. The predicted molar refractivity (Wildman–Crippen MR) is 128 cm³/mol. The Morgan fingerprint density at radius 2 is 1.72 bits per heavy atom. The highest BCUT2D eigenvalue weighted by Gasteiger charge is 2.24. The molecule has 0 saturated heterocycles. The van der Waals surface area contributed by atoms with Crippen molar-refractivity contribution in [2.24, 2.45) is 0 Å². The molecule has 0 aliphatic heterocycles. The molecule has 3 aromatic carbocycles. The van der Waals surface area contributed by atoms with Gasteiger partial charge in [-0.15, -0.1) is 0 Å². The van der Waals surface area contributed by atoms with Crippen LogP contribution in [0.1, 0.15) is 36.3 Å². The van der Waals surface area contributed by atoms with Gasteiger partial charge in [-0.1, -0.05) is 54.6 Å². The van der Waals surface area contributed by atoms with Gasteiger partial charge in [-0.2, -0.15) is 0 Å². The van der Waals surface area contributed by atoms with E-state index in [1.54, 1.807) is 22.6 Å². The van der Waals surface area contributed by atoms with Crippen molar-refractivity contribution in [1.29, 1.82) is 0 Å². The zero-order valence-corrected chi connectivity index (χ0v) is 18.7. The zero-order chi connectivity index (χ0) is 22.7. The van der Waals surface area contributed by atoms with Crippen LogP contribution in [-0.2, 0) is 11.2 Å². The summed E-state index contributed by atoms with van der Waals surface area (Å²) in [6, 6.07) is 24.7. The van der Waals surface area contributed by atoms with Gasteiger partial charge >= 0.3 is 0 Å². The molecule has 1 unspecified atom stereocenters. The molecule has 1 atom stereocenters. The monoisotopic (exact) mass is 425 g/mol. The van der Waals surface area contributed by atoms with E-state index >= 15 is 0 Å². The number of hydrogen-bond donors (Lipinski definition) is 0. The normalized spacial score (nSPS) is 12.0. The van der Waals surface area contributed by atoms with Crippen molar-refractivity contribution in [1.82, 2.24) is 14.5 Å². The van der Waals surface area contributed by atoms with Crippen LogP contribution in [0.15, 0.2) is 83.7 Å². The summed E-state index contributed by atoms with van der Waals surface area (Å²) in [5, 5.41) is 0.558. The lowest BCUT2D eigenvalue weighted by Gasteiger charge is -2.27. The molecule has 32 heavy (non-hydrogen) atoms. The number of benzene rings is 3. The second kappa shape index (κ2) is 9.18. The SMILES string of the molecule is Cc1cccc(-n2c(C(C)N(C)C(=O)CCc3ccccc3)nc3ccccc3c2=O)c1. The third-order valence-corrected chi connectivity index (χ3v) is 5.88. The standard InChI is InChI=1S/C27H27N3O2/c1-19-10-9-13-22(18-19)30-26(28-24-15-8-7-14-23(24)27(30)32)20(2)29(3)25(31)17-16-21-11-5-4-6-12-21/h4-15,18,20H,16-17H2,1-3H3. The van der Waals surface area contributed by atoms with E-state index in [4.69, 9.17) is 4.98 Å². The van der Waals surface area contributed by atoms with Crippen molar-refractivity contribution in [3.05, 3.63) is 106 Å². The van der Waals surface area contributed by atoms with Crippen LogP contribution in [0.25, 0.3) is 16.6 Å². The number of hydrogen-bond acceptors (Lipinski definition) is 3. The van der Waals surface area contributed by atoms with Crippen LogP contribution in [-0.4, -0.2) is 27.4 Å². The molecule has 0 fully saturated rings. The largest absolute Gasteiger partial charge is 0.336 e. The Bertz CT molecular complexity index is 1310. The minimum absolute atomic E-state index is 0.0135. The van der Waals surface area contributed by atoms with Crippen LogP contribution < -0.4 is 5.56 Å². The zero-order valence-electron chi connectivity index (χ0n) is 18.7. The van der Waals surface area contributed by atoms with Crippen LogP contribution >= 0.6 is 0 Å². The lowest BCUT2D eigenvalue weighted by molar-refractivity contribution is -0.131. The predicted octanol–water partition coefficient (Wildman–Crippen LogP) is 4.85. The Morgan fingerprint density at radius 1 is 1.00 bits per heavy atom. The highest BCUT2D eigenvalue weighted by atomic mass is 16.2. The quantitative estimate of drug-likeness (QED) is 0.444. The second-order valence-corrected chi connectivity index (χ2v) is 8.13. The Labute approximate surface area is 188 Å². The van der Waals surface area contributed by atoms with Crippen LogP contribution in [0.2, 0.25) is 0 Å². The summed E-state index contributed by atoms with van der Waals surface area (Å²) in [4.78, 5) is 33.0. The average Bonchev–Trinajstić information content (AvgIpc) is 2.82. The topological polar surface area (TPSA) is 55.2 Å². The van der Waals surface area contributed by atoms with E-state index in [0.717, 1.165) is 16.8 Å². The first kappa shape index (κ1) is 21.5. The van der Waals surface area contributed by atoms with Gasteiger partial charge in [0.25, 0.3) is 5.56 Å². The van der Waals surface area contributed by atoms with Gasteiger partial charge in [0.15, 0.2) is 0 Å². The number of carbonyl (C=O) groups excluding carboxylic acids is 1. The van der Waals surface area contributed by atoms with Crippen molar-refractivity contribution < 1.29 is 4.79 Å². The number of para-hydroxylation sites is 1. The fourth-order valence-electron chi connectivity index (χ4n) is 3.91. The number of rotatable bonds is 6. The summed E-state index contributed by atoms with van der Waals surface area (Å²) >= 11 is 0. The Kier molecular flexibility index (Phi) is 6.17. The van der Waals surface area contributed by atoms with Gasteiger partial charge in [0.2, 0.25) is 5.91 Å². The maximum absolute atomic E-state index is 13.5. The van der Waals surface area contributed by atoms with E-state index in [1.807, 2.05) is 86.6 Å². The van der Waals surface area contributed by atoms with E-state index < -0.39 is 0 Å². The molecule has 162 valence electrons. The number of carbonyl (C=O) groups is 1. The summed E-state index contributed by atoms with van der Waals surface area (Å²) in [5.41, 5.74) is 3.43. The molecule has 0 aliphatic rings. The van der Waals surface area contributed by atoms with Gasteiger partial charge in [-0.05, 0) is 55.7 Å². The van der Waals surface area contributed by atoms with Crippen molar-refractivity contribution in [3.63, 3.8) is 0 Å². The van der Waals surface area contributed by atoms with Crippen LogP contribution in [0, 0.1) is 6.92 Å². The first-order valence-corrected chi connectivity index (χ1v) is 10.8. The summed E-state index contributed by atoms with van der Waals surface area (Å²) in [7, 11) is 1.78. The van der Waals surface area contributed by atoms with E-state index in [0.29, 0.717) is 29.6 Å². The molecule has 4 rings (SSSR count). The van der Waals surface area contributed by atoms with Crippen LogP contribution in [0.4, 0.5) is 0 Å². The molecule has 5 heteroatoms. The summed E-state index contributed by atoms with van der Waals surface area (Å²) in [6.07, 6.45) is 1.07. The van der Waals surface area contributed by atoms with Gasteiger partial charge in [0.05, 0.1) is 22.6 Å². The molecule has 0 bridgehead atoms. The molecule has 0 aliphatic carbocycles. The second-order valence-electron chi connectivity index (χ2n) is 8.13. The summed E-state index contributed by atoms with van der Waals surface area (Å²) in [5.74, 6) is 0.564. The maximum atomic E-state index is 13.5. The molecule has 5 nitrogen and oxygen atoms in total. The molecule has 0 spiro atoms. The summed E-state index contributed by atoms with van der Waals surface area (Å²) in [6.45, 7) is 3.91. The van der Waals surface area contributed by atoms with Crippen molar-refractivity contribution in [3.8, 4) is 5.69 Å². The van der Waals surface area contributed by atoms with E-state index in [-0.39, 0.29) is 17.5 Å². The van der Waals surface area contributed by atoms with Crippen molar-refractivity contribution >= 4 is 16.8 Å². The first-order chi connectivity index (χ1) is 15.5. The number of aromatic nitrogens is 2. The summed E-state index contributed by atoms with van der Waals surface area (Å²) < 4.78 is 1.64. The van der Waals surface area contributed by atoms with Gasteiger partial charge in [-0.3, -0.25) is 14.2 Å². The van der Waals surface area contributed by atoms with E-state index in [2.05, 4.69) is 0 Å². The lowest BCUT2D eigenvalue weighted by atomic mass is 10.1. The van der Waals surface area contributed by atoms with Gasteiger partial charge in [0, 0.05) is 13.5 Å². The minimum atomic E-state index is -0.379.